The zero-order valence-electron chi connectivity index (χ0n) is 16.1. The Morgan fingerprint density at radius 2 is 1.71 bits per heavy atom. The second-order valence-electron chi connectivity index (χ2n) is 6.83. The first-order valence-electron chi connectivity index (χ1n) is 9.24. The third-order valence-electron chi connectivity index (χ3n) is 4.88. The maximum Gasteiger partial charge on any atom is 0.348 e. The number of ketones is 2. The minimum atomic E-state index is -0.479. The molecule has 1 aromatic rings. The van der Waals surface area contributed by atoms with E-state index < -0.39 is 5.97 Å². The van der Waals surface area contributed by atoms with Gasteiger partial charge < -0.3 is 14.5 Å². The van der Waals surface area contributed by atoms with Gasteiger partial charge in [-0.3, -0.25) is 9.59 Å². The summed E-state index contributed by atoms with van der Waals surface area (Å²) in [7, 11) is 3.41. The molecule has 3 rings (SSSR count). The lowest BCUT2D eigenvalue weighted by atomic mass is 10.0. The van der Waals surface area contributed by atoms with E-state index in [0.29, 0.717) is 21.7 Å². The molecule has 2 heterocycles. The smallest absolute Gasteiger partial charge is 0.348 e. The SMILES string of the molecule is COC(=O)c1ccc(C(=O)CC(=O)C2=CCC=C(N3CCN(C)CC3)C=C2)s1. The summed E-state index contributed by atoms with van der Waals surface area (Å²) in [6.07, 6.45) is 8.21. The molecule has 1 fully saturated rings. The van der Waals surface area contributed by atoms with Crippen molar-refractivity contribution in [1.29, 1.82) is 0 Å². The largest absolute Gasteiger partial charge is 0.465 e. The molecule has 28 heavy (non-hydrogen) atoms. The van der Waals surface area contributed by atoms with Gasteiger partial charge in [0.1, 0.15) is 4.88 Å². The molecule has 0 radical (unpaired) electrons. The number of esters is 1. The number of piperazine rings is 1. The van der Waals surface area contributed by atoms with Crippen molar-refractivity contribution in [3.05, 3.63) is 57.5 Å². The van der Waals surface area contributed by atoms with E-state index in [9.17, 15) is 14.4 Å². The lowest BCUT2D eigenvalue weighted by molar-refractivity contribution is -0.114. The Labute approximate surface area is 168 Å². The molecular formula is C21H24N2O4S. The molecule has 1 aliphatic carbocycles. The highest BCUT2D eigenvalue weighted by molar-refractivity contribution is 7.15. The van der Waals surface area contributed by atoms with Gasteiger partial charge in [0, 0.05) is 37.4 Å². The molecule has 0 spiro atoms. The van der Waals surface area contributed by atoms with Crippen LogP contribution in [0.2, 0.25) is 0 Å². The Kier molecular flexibility index (Phi) is 6.59. The highest BCUT2D eigenvalue weighted by atomic mass is 32.1. The fourth-order valence-electron chi connectivity index (χ4n) is 3.16. The van der Waals surface area contributed by atoms with E-state index in [1.165, 1.54) is 7.11 Å². The summed E-state index contributed by atoms with van der Waals surface area (Å²) in [5, 5.41) is 0. The van der Waals surface area contributed by atoms with Crippen molar-refractivity contribution in [2.45, 2.75) is 12.8 Å². The Bertz CT molecular complexity index is 858. The zero-order chi connectivity index (χ0) is 20.1. The first-order valence-corrected chi connectivity index (χ1v) is 10.1. The monoisotopic (exact) mass is 400 g/mol. The highest BCUT2D eigenvalue weighted by Gasteiger charge is 2.20. The molecule has 2 aliphatic rings. The number of carbonyl (C=O) groups is 3. The van der Waals surface area contributed by atoms with E-state index >= 15 is 0 Å². The van der Waals surface area contributed by atoms with Gasteiger partial charge in [-0.2, -0.15) is 0 Å². The Morgan fingerprint density at radius 3 is 2.43 bits per heavy atom. The third-order valence-corrected chi connectivity index (χ3v) is 5.98. The molecule has 6 nitrogen and oxygen atoms in total. The van der Waals surface area contributed by atoms with Crippen molar-refractivity contribution in [3.63, 3.8) is 0 Å². The van der Waals surface area contributed by atoms with E-state index in [-0.39, 0.29) is 18.0 Å². The summed E-state index contributed by atoms with van der Waals surface area (Å²) in [4.78, 5) is 41.9. The Balaban J connectivity index is 1.59. The van der Waals surface area contributed by atoms with Crippen LogP contribution >= 0.6 is 11.3 Å². The van der Waals surface area contributed by atoms with E-state index in [4.69, 9.17) is 0 Å². The predicted octanol–water partition coefficient (Wildman–Crippen LogP) is 2.69. The van der Waals surface area contributed by atoms with Gasteiger partial charge in [0.2, 0.25) is 0 Å². The molecule has 0 atom stereocenters. The lowest BCUT2D eigenvalue weighted by Gasteiger charge is -2.34. The molecule has 7 heteroatoms. The predicted molar refractivity (Wildman–Crippen MR) is 109 cm³/mol. The molecule has 0 N–H and O–H groups in total. The van der Waals surface area contributed by atoms with Crippen LogP contribution in [0.15, 0.2) is 47.7 Å². The van der Waals surface area contributed by atoms with E-state index in [1.54, 1.807) is 18.2 Å². The number of nitrogens with zero attached hydrogens (tertiary/aromatic N) is 2. The molecule has 148 valence electrons. The van der Waals surface area contributed by atoms with Crippen LogP contribution in [0, 0.1) is 0 Å². The normalized spacial score (nSPS) is 17.6. The topological polar surface area (TPSA) is 66.9 Å². The molecule has 0 unspecified atom stereocenters. The van der Waals surface area contributed by atoms with Gasteiger partial charge in [0.05, 0.1) is 18.4 Å². The number of ether oxygens (including phenoxy) is 1. The molecule has 1 saturated heterocycles. The second-order valence-corrected chi connectivity index (χ2v) is 7.91. The van der Waals surface area contributed by atoms with Crippen molar-refractivity contribution >= 4 is 28.9 Å². The van der Waals surface area contributed by atoms with E-state index in [1.807, 2.05) is 12.2 Å². The van der Waals surface area contributed by atoms with Gasteiger partial charge in [-0.25, -0.2) is 4.79 Å². The Hall–Kier alpha value is -2.51. The quantitative estimate of drug-likeness (QED) is 0.416. The molecule has 0 aromatic carbocycles. The number of thiophene rings is 1. The summed E-state index contributed by atoms with van der Waals surface area (Å²) in [5.74, 6) is -0.967. The van der Waals surface area contributed by atoms with Gasteiger partial charge in [-0.1, -0.05) is 12.2 Å². The van der Waals surface area contributed by atoms with E-state index in [0.717, 1.165) is 43.2 Å². The van der Waals surface area contributed by atoms with Crippen molar-refractivity contribution in [3.8, 4) is 0 Å². The number of hydrogen-bond acceptors (Lipinski definition) is 7. The number of allylic oxidation sites excluding steroid dienone is 5. The van der Waals surface area contributed by atoms with Crippen LogP contribution in [0.3, 0.4) is 0 Å². The number of methoxy groups -OCH3 is 1. The van der Waals surface area contributed by atoms with Crippen molar-refractivity contribution in [1.82, 2.24) is 9.80 Å². The highest BCUT2D eigenvalue weighted by Crippen LogP contribution is 2.21. The second kappa shape index (κ2) is 9.12. The van der Waals surface area contributed by atoms with Crippen LogP contribution < -0.4 is 0 Å². The first-order chi connectivity index (χ1) is 13.5. The van der Waals surface area contributed by atoms with E-state index in [2.05, 4.69) is 27.7 Å². The number of rotatable bonds is 6. The van der Waals surface area contributed by atoms with Crippen LogP contribution in [-0.4, -0.2) is 67.7 Å². The van der Waals surface area contributed by atoms with Crippen molar-refractivity contribution in [2.75, 3.05) is 40.3 Å². The average Bonchev–Trinajstić information content (AvgIpc) is 3.06. The molecule has 0 bridgehead atoms. The number of Topliss-reactive ketones (excluding diaryl/α,β-unsaturated/α-hetero) is 2. The van der Waals surface area contributed by atoms with Crippen molar-refractivity contribution in [2.24, 2.45) is 0 Å². The Morgan fingerprint density at radius 1 is 1.00 bits per heavy atom. The molecule has 1 aromatic heterocycles. The van der Waals surface area contributed by atoms with Gasteiger partial charge in [0.25, 0.3) is 0 Å². The fraction of sp³-hybridized carbons (Fsp3) is 0.381. The maximum atomic E-state index is 12.6. The summed E-state index contributed by atoms with van der Waals surface area (Å²) in [6, 6.07) is 3.11. The summed E-state index contributed by atoms with van der Waals surface area (Å²) in [6.45, 7) is 3.98. The third kappa shape index (κ3) is 4.85. The molecule has 0 saturated carbocycles. The minimum absolute atomic E-state index is 0.206. The van der Waals surface area contributed by atoms with Crippen molar-refractivity contribution < 1.29 is 19.1 Å². The van der Waals surface area contributed by atoms with Crippen LogP contribution in [-0.2, 0) is 9.53 Å². The fourth-order valence-corrected chi connectivity index (χ4v) is 4.02. The standard InChI is InChI=1S/C21H24N2O4S/c1-22-10-12-23(13-11-22)16-5-3-4-15(6-7-16)17(24)14-18(25)19-8-9-20(28-19)21(26)27-2/h4-9H,3,10-14H2,1-2H3. The number of carbonyl (C=O) groups excluding carboxylic acids is 3. The number of likely N-dealkylation sites (N-methyl/N-ethyl adjacent to an activating group) is 1. The van der Waals surface area contributed by atoms with Crippen LogP contribution in [0.1, 0.15) is 32.2 Å². The lowest BCUT2D eigenvalue weighted by Crippen LogP contribution is -2.43. The summed E-state index contributed by atoms with van der Waals surface area (Å²) in [5.41, 5.74) is 1.68. The van der Waals surface area contributed by atoms with Crippen LogP contribution in [0.5, 0.6) is 0 Å². The van der Waals surface area contributed by atoms with Gasteiger partial charge in [0.15, 0.2) is 11.6 Å². The average molecular weight is 401 g/mol. The minimum Gasteiger partial charge on any atom is -0.465 e. The molecule has 1 aliphatic heterocycles. The van der Waals surface area contributed by atoms with Gasteiger partial charge in [-0.05, 0) is 37.8 Å². The van der Waals surface area contributed by atoms with Crippen LogP contribution in [0.4, 0.5) is 0 Å². The summed E-state index contributed by atoms with van der Waals surface area (Å²) < 4.78 is 4.65. The molecule has 0 amide bonds. The van der Waals surface area contributed by atoms with Gasteiger partial charge >= 0.3 is 5.97 Å². The number of hydrogen-bond donors (Lipinski definition) is 0. The zero-order valence-corrected chi connectivity index (χ0v) is 17.0. The van der Waals surface area contributed by atoms with Crippen LogP contribution in [0.25, 0.3) is 0 Å². The first kappa shape index (κ1) is 20.2. The maximum absolute atomic E-state index is 12.6. The molecular weight excluding hydrogens is 376 g/mol. The summed E-state index contributed by atoms with van der Waals surface area (Å²) >= 11 is 1.05. The van der Waals surface area contributed by atoms with Gasteiger partial charge in [-0.15, -0.1) is 11.3 Å².